The van der Waals surface area contributed by atoms with E-state index in [0.29, 0.717) is 11.6 Å². The summed E-state index contributed by atoms with van der Waals surface area (Å²) < 4.78 is 39.0. The topological polar surface area (TPSA) is 24.9 Å². The summed E-state index contributed by atoms with van der Waals surface area (Å²) in [5, 5.41) is 3.33. The molecule has 0 saturated heterocycles. The van der Waals surface area contributed by atoms with Crippen molar-refractivity contribution in [3.8, 4) is 10.6 Å². The number of aromatic nitrogens is 1. The molecule has 1 aromatic carbocycles. The Hall–Kier alpha value is -1.40. The van der Waals surface area contributed by atoms with Crippen LogP contribution < -0.4 is 5.32 Å². The number of hydrogen-bond donors (Lipinski definition) is 1. The molecule has 1 heterocycles. The third-order valence-corrected chi connectivity index (χ3v) is 3.87. The van der Waals surface area contributed by atoms with Gasteiger partial charge in [0.25, 0.3) is 0 Å². The molecule has 2 aromatic rings. The second kappa shape index (κ2) is 5.93. The van der Waals surface area contributed by atoms with Crippen LogP contribution in [0, 0.1) is 6.92 Å². The number of thiazole rings is 1. The highest BCUT2D eigenvalue weighted by Crippen LogP contribution is 2.37. The van der Waals surface area contributed by atoms with Crippen molar-refractivity contribution in [2.45, 2.75) is 26.6 Å². The average molecular weight is 300 g/mol. The normalized spacial score (nSPS) is 11.8. The van der Waals surface area contributed by atoms with Gasteiger partial charge >= 0.3 is 6.18 Å². The largest absolute Gasteiger partial charge is 0.434 e. The van der Waals surface area contributed by atoms with Crippen molar-refractivity contribution in [2.75, 3.05) is 6.54 Å². The fourth-order valence-corrected chi connectivity index (χ4v) is 2.88. The number of nitrogens with one attached hydrogen (secondary N) is 1. The van der Waals surface area contributed by atoms with Gasteiger partial charge in [-0.2, -0.15) is 13.2 Å². The quantitative estimate of drug-likeness (QED) is 0.913. The Kier molecular flexibility index (Phi) is 4.45. The monoisotopic (exact) mass is 300 g/mol. The van der Waals surface area contributed by atoms with Crippen LogP contribution in [0.1, 0.15) is 23.1 Å². The maximum absolute atomic E-state index is 13.0. The zero-order valence-corrected chi connectivity index (χ0v) is 12.0. The van der Waals surface area contributed by atoms with Crippen LogP contribution in [-0.4, -0.2) is 11.5 Å². The maximum Gasteiger partial charge on any atom is 0.434 e. The van der Waals surface area contributed by atoms with E-state index in [1.54, 1.807) is 6.07 Å². The van der Waals surface area contributed by atoms with Gasteiger partial charge in [-0.3, -0.25) is 0 Å². The first-order valence-corrected chi connectivity index (χ1v) is 7.08. The SMILES string of the molecule is CCNCc1sc(-c2cccc(C)c2)nc1C(F)(F)F. The molecule has 2 nitrogen and oxygen atoms in total. The molecule has 0 fully saturated rings. The summed E-state index contributed by atoms with van der Waals surface area (Å²) in [7, 11) is 0. The van der Waals surface area contributed by atoms with Crippen molar-refractivity contribution in [1.82, 2.24) is 10.3 Å². The van der Waals surface area contributed by atoms with Crippen LogP contribution in [0.3, 0.4) is 0 Å². The van der Waals surface area contributed by atoms with Gasteiger partial charge in [0.2, 0.25) is 0 Å². The van der Waals surface area contributed by atoms with E-state index < -0.39 is 11.9 Å². The first-order valence-electron chi connectivity index (χ1n) is 6.26. The minimum atomic E-state index is -4.41. The van der Waals surface area contributed by atoms with Gasteiger partial charge < -0.3 is 5.32 Å². The first kappa shape index (κ1) is 15.0. The van der Waals surface area contributed by atoms with Crippen LogP contribution in [-0.2, 0) is 12.7 Å². The number of nitrogens with zero attached hydrogens (tertiary/aromatic N) is 1. The minimum absolute atomic E-state index is 0.189. The Morgan fingerprint density at radius 2 is 2.05 bits per heavy atom. The Bertz CT molecular complexity index is 590. The van der Waals surface area contributed by atoms with Gasteiger partial charge in [0.1, 0.15) is 5.01 Å². The molecule has 0 saturated carbocycles. The molecule has 0 amide bonds. The Morgan fingerprint density at radius 1 is 1.30 bits per heavy atom. The summed E-state index contributed by atoms with van der Waals surface area (Å²) in [4.78, 5) is 4.03. The molecule has 0 atom stereocenters. The lowest BCUT2D eigenvalue weighted by Gasteiger charge is -2.05. The molecule has 1 N–H and O–H groups in total. The summed E-state index contributed by atoms with van der Waals surface area (Å²) in [6.45, 7) is 4.57. The van der Waals surface area contributed by atoms with Gasteiger partial charge in [-0.25, -0.2) is 4.98 Å². The maximum atomic E-state index is 13.0. The summed E-state index contributed by atoms with van der Waals surface area (Å²) in [5.41, 5.74) is 0.947. The molecule has 0 spiro atoms. The summed E-state index contributed by atoms with van der Waals surface area (Å²) >= 11 is 1.09. The Morgan fingerprint density at radius 3 is 2.65 bits per heavy atom. The zero-order valence-electron chi connectivity index (χ0n) is 11.2. The number of alkyl halides is 3. The number of benzene rings is 1. The lowest BCUT2D eigenvalue weighted by molar-refractivity contribution is -0.141. The molecule has 0 unspecified atom stereocenters. The van der Waals surface area contributed by atoms with Gasteiger partial charge in [-0.05, 0) is 19.5 Å². The molecule has 0 aliphatic heterocycles. The van der Waals surface area contributed by atoms with Crippen molar-refractivity contribution in [3.63, 3.8) is 0 Å². The fraction of sp³-hybridized carbons (Fsp3) is 0.357. The summed E-state index contributed by atoms with van der Waals surface area (Å²) in [6, 6.07) is 7.35. The molecule has 2 rings (SSSR count). The van der Waals surface area contributed by atoms with Crippen LogP contribution in [0.15, 0.2) is 24.3 Å². The minimum Gasteiger partial charge on any atom is -0.312 e. The van der Waals surface area contributed by atoms with E-state index in [9.17, 15) is 13.2 Å². The van der Waals surface area contributed by atoms with Crippen LogP contribution in [0.4, 0.5) is 13.2 Å². The summed E-state index contributed by atoms with van der Waals surface area (Å²) in [6.07, 6.45) is -4.41. The molecule has 0 bridgehead atoms. The predicted octanol–water partition coefficient (Wildman–Crippen LogP) is 4.25. The molecule has 1 aromatic heterocycles. The second-order valence-electron chi connectivity index (χ2n) is 4.44. The highest BCUT2D eigenvalue weighted by atomic mass is 32.1. The van der Waals surface area contributed by atoms with Crippen molar-refractivity contribution < 1.29 is 13.2 Å². The lowest BCUT2D eigenvalue weighted by atomic mass is 10.1. The molecule has 20 heavy (non-hydrogen) atoms. The van der Waals surface area contributed by atoms with Gasteiger partial charge in [0.15, 0.2) is 5.69 Å². The van der Waals surface area contributed by atoms with Gasteiger partial charge in [0.05, 0.1) is 4.88 Å². The van der Waals surface area contributed by atoms with Crippen molar-refractivity contribution in [3.05, 3.63) is 40.4 Å². The molecular weight excluding hydrogens is 285 g/mol. The third-order valence-electron chi connectivity index (χ3n) is 2.77. The van der Waals surface area contributed by atoms with Crippen molar-refractivity contribution in [2.24, 2.45) is 0 Å². The van der Waals surface area contributed by atoms with E-state index in [0.717, 1.165) is 22.5 Å². The van der Waals surface area contributed by atoms with Crippen molar-refractivity contribution in [1.29, 1.82) is 0 Å². The summed E-state index contributed by atoms with van der Waals surface area (Å²) in [5.74, 6) is 0. The van der Waals surface area contributed by atoms with Crippen LogP contribution in [0.2, 0.25) is 0 Å². The van der Waals surface area contributed by atoms with Gasteiger partial charge in [0, 0.05) is 12.1 Å². The van der Waals surface area contributed by atoms with Crippen LogP contribution in [0.5, 0.6) is 0 Å². The van der Waals surface area contributed by atoms with E-state index in [2.05, 4.69) is 10.3 Å². The number of halogens is 3. The van der Waals surface area contributed by atoms with E-state index >= 15 is 0 Å². The molecule has 0 radical (unpaired) electrons. The Balaban J connectivity index is 2.43. The first-order chi connectivity index (χ1) is 9.41. The average Bonchev–Trinajstić information content (AvgIpc) is 2.80. The van der Waals surface area contributed by atoms with E-state index in [1.807, 2.05) is 32.0 Å². The smallest absolute Gasteiger partial charge is 0.312 e. The number of rotatable bonds is 4. The highest BCUT2D eigenvalue weighted by molar-refractivity contribution is 7.15. The van der Waals surface area contributed by atoms with E-state index in [-0.39, 0.29) is 11.4 Å². The fourth-order valence-electron chi connectivity index (χ4n) is 1.83. The van der Waals surface area contributed by atoms with Crippen LogP contribution in [0.25, 0.3) is 10.6 Å². The van der Waals surface area contributed by atoms with Gasteiger partial charge in [-0.1, -0.05) is 30.7 Å². The zero-order chi connectivity index (χ0) is 14.8. The lowest BCUT2D eigenvalue weighted by Crippen LogP contribution is -2.15. The number of aryl methyl sites for hydroxylation is 1. The van der Waals surface area contributed by atoms with Crippen LogP contribution >= 0.6 is 11.3 Å². The molecule has 6 heteroatoms. The van der Waals surface area contributed by atoms with Crippen molar-refractivity contribution >= 4 is 11.3 Å². The molecular formula is C14H15F3N2S. The third kappa shape index (κ3) is 3.37. The van der Waals surface area contributed by atoms with Gasteiger partial charge in [-0.15, -0.1) is 11.3 Å². The highest BCUT2D eigenvalue weighted by Gasteiger charge is 2.37. The van der Waals surface area contributed by atoms with E-state index in [4.69, 9.17) is 0 Å². The molecule has 0 aliphatic rings. The Labute approximate surface area is 119 Å². The van der Waals surface area contributed by atoms with E-state index in [1.165, 1.54) is 0 Å². The molecule has 108 valence electrons. The standard InChI is InChI=1S/C14H15F3N2S/c1-3-18-8-11-12(14(15,16)17)19-13(20-11)10-6-4-5-9(2)7-10/h4-7,18H,3,8H2,1-2H3. The molecule has 0 aliphatic carbocycles. The predicted molar refractivity (Wildman–Crippen MR) is 74.7 cm³/mol. The number of hydrogen-bond acceptors (Lipinski definition) is 3. The second-order valence-corrected chi connectivity index (χ2v) is 5.52.